The van der Waals surface area contributed by atoms with Gasteiger partial charge in [-0.05, 0) is 31.0 Å². The highest BCUT2D eigenvalue weighted by molar-refractivity contribution is 5.96. The zero-order chi connectivity index (χ0) is 23.1. The van der Waals surface area contributed by atoms with Crippen LogP contribution in [0.15, 0.2) is 36.7 Å². The number of pyridine rings is 1. The minimum Gasteiger partial charge on any atom is -0.485 e. The van der Waals surface area contributed by atoms with Crippen molar-refractivity contribution < 1.29 is 9.47 Å². The molecule has 0 radical (unpaired) electrons. The number of H-pyrrole nitrogens is 1. The number of anilines is 3. The molecule has 3 N–H and O–H groups in total. The average molecular weight is 456 g/mol. The molecule has 2 aliphatic rings. The Morgan fingerprint density at radius 3 is 2.71 bits per heavy atom. The van der Waals surface area contributed by atoms with E-state index in [1.165, 1.54) is 12.8 Å². The summed E-state index contributed by atoms with van der Waals surface area (Å²) in [4.78, 5) is 7.89. The van der Waals surface area contributed by atoms with Gasteiger partial charge in [-0.15, -0.1) is 0 Å². The first kappa shape index (κ1) is 20.4. The van der Waals surface area contributed by atoms with Gasteiger partial charge in [0.2, 0.25) is 0 Å². The fourth-order valence-corrected chi connectivity index (χ4v) is 4.90. The van der Waals surface area contributed by atoms with E-state index in [-0.39, 0.29) is 0 Å². The molecule has 1 saturated carbocycles. The first-order chi connectivity index (χ1) is 16.7. The SMILES string of the molecule is Cn1nccc1-c1ccc(Nc2cc(NC3CCCC3)c3c(C#N)c[nH]c3n2)c2c1OCCO2. The molecule has 0 unspecified atom stereocenters. The lowest BCUT2D eigenvalue weighted by Gasteiger charge is -2.24. The third-order valence-electron chi connectivity index (χ3n) is 6.53. The van der Waals surface area contributed by atoms with Gasteiger partial charge in [-0.3, -0.25) is 4.68 Å². The Hall–Kier alpha value is -4.19. The van der Waals surface area contributed by atoms with Crippen LogP contribution in [0.25, 0.3) is 22.3 Å². The summed E-state index contributed by atoms with van der Waals surface area (Å²) in [5.41, 5.74) is 4.81. The summed E-state index contributed by atoms with van der Waals surface area (Å²) in [5, 5.41) is 21.8. The number of hydrogen-bond donors (Lipinski definition) is 3. The molecule has 0 bridgehead atoms. The summed E-state index contributed by atoms with van der Waals surface area (Å²) < 4.78 is 13.9. The lowest BCUT2D eigenvalue weighted by molar-refractivity contribution is 0.173. The van der Waals surface area contributed by atoms with E-state index in [0.717, 1.165) is 40.9 Å². The number of ether oxygens (including phenoxy) is 2. The van der Waals surface area contributed by atoms with Crippen LogP contribution in [0.5, 0.6) is 11.5 Å². The largest absolute Gasteiger partial charge is 0.485 e. The van der Waals surface area contributed by atoms with Crippen molar-refractivity contribution in [3.05, 3.63) is 42.2 Å². The summed E-state index contributed by atoms with van der Waals surface area (Å²) in [6.45, 7) is 0.958. The number of nitrogens with zero attached hydrogens (tertiary/aromatic N) is 4. The Morgan fingerprint density at radius 1 is 1.12 bits per heavy atom. The standard InChI is InChI=1S/C25H25N7O2/c1-32-20(8-9-28-32)17-6-7-18(24-23(17)33-10-11-34-24)30-21-12-19(29-16-4-2-3-5-16)22-15(13-26)14-27-25(22)31-21/h6-9,12,14,16H,2-5,10-11H2,1H3,(H3,27,29,30,31). The van der Waals surface area contributed by atoms with Gasteiger partial charge in [0, 0.05) is 37.1 Å². The monoisotopic (exact) mass is 455 g/mol. The molecular weight excluding hydrogens is 430 g/mol. The lowest BCUT2D eigenvalue weighted by atomic mass is 10.1. The van der Waals surface area contributed by atoms with Crippen molar-refractivity contribution in [2.45, 2.75) is 31.7 Å². The zero-order valence-corrected chi connectivity index (χ0v) is 18.9. The highest BCUT2D eigenvalue weighted by atomic mass is 16.6. The number of nitriles is 1. The summed E-state index contributed by atoms with van der Waals surface area (Å²) in [6, 6.07) is 10.6. The second-order valence-electron chi connectivity index (χ2n) is 8.70. The van der Waals surface area contributed by atoms with E-state index in [1.807, 2.05) is 36.0 Å². The topological polar surface area (TPSA) is 113 Å². The molecule has 1 fully saturated rings. The molecule has 3 aromatic heterocycles. The Bertz CT molecular complexity index is 1410. The maximum Gasteiger partial charge on any atom is 0.185 e. The number of aromatic amines is 1. The fraction of sp³-hybridized carbons (Fsp3) is 0.320. The van der Waals surface area contributed by atoms with Gasteiger partial charge in [0.25, 0.3) is 0 Å². The number of rotatable bonds is 5. The molecule has 0 amide bonds. The molecule has 9 heteroatoms. The molecule has 1 aromatic carbocycles. The first-order valence-electron chi connectivity index (χ1n) is 11.6. The van der Waals surface area contributed by atoms with Crippen molar-refractivity contribution in [2.75, 3.05) is 23.8 Å². The molecule has 1 aliphatic heterocycles. The zero-order valence-electron chi connectivity index (χ0n) is 18.9. The molecule has 0 atom stereocenters. The lowest BCUT2D eigenvalue weighted by Crippen LogP contribution is -2.17. The summed E-state index contributed by atoms with van der Waals surface area (Å²) >= 11 is 0. The van der Waals surface area contributed by atoms with E-state index in [1.54, 1.807) is 12.4 Å². The number of benzene rings is 1. The van der Waals surface area contributed by atoms with E-state index in [2.05, 4.69) is 26.8 Å². The summed E-state index contributed by atoms with van der Waals surface area (Å²) in [6.07, 6.45) is 8.19. The summed E-state index contributed by atoms with van der Waals surface area (Å²) in [5.74, 6) is 2.00. The second kappa shape index (κ2) is 8.30. The van der Waals surface area contributed by atoms with Crippen LogP contribution in [0, 0.1) is 11.3 Å². The minimum atomic E-state index is 0.405. The van der Waals surface area contributed by atoms with Gasteiger partial charge in [0.15, 0.2) is 11.5 Å². The van der Waals surface area contributed by atoms with Crippen molar-refractivity contribution in [3.8, 4) is 28.8 Å². The van der Waals surface area contributed by atoms with E-state index >= 15 is 0 Å². The molecule has 172 valence electrons. The van der Waals surface area contributed by atoms with Crippen LogP contribution in [0.1, 0.15) is 31.2 Å². The summed E-state index contributed by atoms with van der Waals surface area (Å²) in [7, 11) is 1.90. The number of aryl methyl sites for hydroxylation is 1. The third kappa shape index (κ3) is 3.48. The third-order valence-corrected chi connectivity index (χ3v) is 6.53. The average Bonchev–Trinajstić information content (AvgIpc) is 3.61. The van der Waals surface area contributed by atoms with Gasteiger partial charge >= 0.3 is 0 Å². The Morgan fingerprint density at radius 2 is 1.94 bits per heavy atom. The second-order valence-corrected chi connectivity index (χ2v) is 8.70. The quantitative estimate of drug-likeness (QED) is 0.400. The van der Waals surface area contributed by atoms with Crippen molar-refractivity contribution in [3.63, 3.8) is 0 Å². The van der Waals surface area contributed by atoms with Gasteiger partial charge in [-0.2, -0.15) is 10.4 Å². The predicted molar refractivity (Wildman–Crippen MR) is 130 cm³/mol. The van der Waals surface area contributed by atoms with Gasteiger partial charge in [0.05, 0.1) is 28.0 Å². The molecule has 1 aliphatic carbocycles. The van der Waals surface area contributed by atoms with Crippen LogP contribution in [0.3, 0.4) is 0 Å². The maximum atomic E-state index is 9.59. The fourth-order valence-electron chi connectivity index (χ4n) is 4.90. The van der Waals surface area contributed by atoms with Crippen molar-refractivity contribution >= 4 is 28.2 Å². The Labute approximate surface area is 196 Å². The first-order valence-corrected chi connectivity index (χ1v) is 11.6. The van der Waals surface area contributed by atoms with E-state index in [0.29, 0.717) is 47.8 Å². The molecule has 9 nitrogen and oxygen atoms in total. The predicted octanol–water partition coefficient (Wildman–Crippen LogP) is 4.70. The minimum absolute atomic E-state index is 0.405. The van der Waals surface area contributed by atoms with E-state index in [9.17, 15) is 5.26 Å². The Balaban J connectivity index is 1.40. The van der Waals surface area contributed by atoms with Crippen molar-refractivity contribution in [1.82, 2.24) is 19.7 Å². The molecule has 0 saturated heterocycles. The van der Waals surface area contributed by atoms with Crippen molar-refractivity contribution in [1.29, 1.82) is 5.26 Å². The molecule has 4 aromatic rings. The molecule has 4 heterocycles. The molecule has 0 spiro atoms. The number of aromatic nitrogens is 4. The van der Waals surface area contributed by atoms with Gasteiger partial charge < -0.3 is 25.1 Å². The molecular formula is C25H25N7O2. The molecule has 6 rings (SSSR count). The number of fused-ring (bicyclic) bond motifs is 2. The number of nitrogens with one attached hydrogen (secondary N) is 3. The van der Waals surface area contributed by atoms with Crippen LogP contribution in [-0.2, 0) is 7.05 Å². The highest BCUT2D eigenvalue weighted by Gasteiger charge is 2.24. The van der Waals surface area contributed by atoms with Gasteiger partial charge in [-0.1, -0.05) is 12.8 Å². The number of hydrogen-bond acceptors (Lipinski definition) is 7. The van der Waals surface area contributed by atoms with Gasteiger partial charge in [0.1, 0.15) is 30.7 Å². The Kier molecular flexibility index (Phi) is 4.99. The normalized spacial score (nSPS) is 15.4. The maximum absolute atomic E-state index is 9.59. The van der Waals surface area contributed by atoms with Crippen LogP contribution < -0.4 is 20.1 Å². The van der Waals surface area contributed by atoms with Gasteiger partial charge in [-0.25, -0.2) is 4.98 Å². The molecule has 34 heavy (non-hydrogen) atoms. The smallest absolute Gasteiger partial charge is 0.185 e. The van der Waals surface area contributed by atoms with Crippen LogP contribution in [0.4, 0.5) is 17.2 Å². The van der Waals surface area contributed by atoms with Crippen LogP contribution >= 0.6 is 0 Å². The van der Waals surface area contributed by atoms with Crippen LogP contribution in [-0.4, -0.2) is 39.0 Å². The highest BCUT2D eigenvalue weighted by Crippen LogP contribution is 2.46. The van der Waals surface area contributed by atoms with E-state index in [4.69, 9.17) is 14.5 Å². The van der Waals surface area contributed by atoms with Crippen LogP contribution in [0.2, 0.25) is 0 Å². The van der Waals surface area contributed by atoms with Crippen molar-refractivity contribution in [2.24, 2.45) is 7.05 Å². The van der Waals surface area contributed by atoms with E-state index < -0.39 is 0 Å².